The van der Waals surface area contributed by atoms with E-state index in [-0.39, 0.29) is 17.4 Å². The number of aromatic amines is 1. The maximum Gasteiger partial charge on any atom is 0.436 e. The van der Waals surface area contributed by atoms with Crippen LogP contribution in [-0.2, 0) is 20.3 Å². The van der Waals surface area contributed by atoms with Crippen molar-refractivity contribution >= 4 is 17.2 Å². The highest BCUT2D eigenvalue weighted by Gasteiger charge is 2.40. The zero-order valence-electron chi connectivity index (χ0n) is 17.8. The molecule has 0 amide bonds. The molecule has 5 aromatic rings. The zero-order chi connectivity index (χ0) is 23.9. The van der Waals surface area contributed by atoms with Gasteiger partial charge in [-0.25, -0.2) is 14.5 Å². The van der Waals surface area contributed by atoms with Gasteiger partial charge in [0.2, 0.25) is 17.6 Å². The van der Waals surface area contributed by atoms with Crippen LogP contribution in [0, 0.1) is 6.92 Å². The Hall–Kier alpha value is -3.94. The Kier molecular flexibility index (Phi) is 4.12. The minimum atomic E-state index is -4.72. The smallest absolute Gasteiger partial charge is 0.418 e. The first-order chi connectivity index (χ1) is 16.1. The number of alkyl halides is 3. The van der Waals surface area contributed by atoms with Gasteiger partial charge in [-0.15, -0.1) is 10.2 Å². The zero-order valence-corrected chi connectivity index (χ0v) is 18.5. The average molecular weight is 491 g/mol. The molecular formula is C19H14ClF3N10O. The summed E-state index contributed by atoms with van der Waals surface area (Å²) >= 11 is 6.06. The number of rotatable bonds is 2. The fourth-order valence-electron chi connectivity index (χ4n) is 4.21. The van der Waals surface area contributed by atoms with E-state index in [4.69, 9.17) is 16.3 Å². The number of hydrogen-bond acceptors (Lipinski definition) is 7. The fourth-order valence-corrected chi connectivity index (χ4v) is 4.56. The maximum absolute atomic E-state index is 13.3. The molecule has 0 spiro atoms. The second-order valence-electron chi connectivity index (χ2n) is 7.85. The number of aryl methyl sites for hydroxylation is 3. The first-order valence-corrected chi connectivity index (χ1v) is 10.3. The van der Waals surface area contributed by atoms with Crippen LogP contribution in [0.15, 0.2) is 18.7 Å². The van der Waals surface area contributed by atoms with E-state index in [1.165, 1.54) is 17.9 Å². The summed E-state index contributed by atoms with van der Waals surface area (Å²) < 4.78 is 49.9. The van der Waals surface area contributed by atoms with Gasteiger partial charge in [-0.2, -0.15) is 23.4 Å². The monoisotopic (exact) mass is 490 g/mol. The van der Waals surface area contributed by atoms with Gasteiger partial charge in [-0.3, -0.25) is 14.5 Å². The van der Waals surface area contributed by atoms with Crippen LogP contribution in [0.4, 0.5) is 13.2 Å². The molecule has 5 aromatic heterocycles. The summed E-state index contributed by atoms with van der Waals surface area (Å²) in [5, 5.41) is 18.7. The molecule has 6 rings (SSSR count). The quantitative estimate of drug-likeness (QED) is 0.396. The third-order valence-electron chi connectivity index (χ3n) is 5.65. The van der Waals surface area contributed by atoms with Crippen molar-refractivity contribution in [2.45, 2.75) is 19.0 Å². The van der Waals surface area contributed by atoms with Crippen LogP contribution in [0.3, 0.4) is 0 Å². The maximum atomic E-state index is 13.3. The van der Waals surface area contributed by atoms with Crippen molar-refractivity contribution in [2.75, 3.05) is 0 Å². The largest absolute Gasteiger partial charge is 0.436 e. The fraction of sp³-hybridized carbons (Fsp3) is 0.263. The van der Waals surface area contributed by atoms with E-state index < -0.39 is 22.8 Å². The number of aromatic nitrogens is 10. The van der Waals surface area contributed by atoms with E-state index in [2.05, 4.69) is 35.5 Å². The molecule has 0 saturated carbocycles. The van der Waals surface area contributed by atoms with E-state index in [0.29, 0.717) is 17.1 Å². The molecule has 1 aliphatic rings. The SMILES string of the molecule is Cc1[nH]nc2c1[C@H](c1cnn(C)c1)c1c(ncn3nc(-c4c(Cl)c(C(F)(F)F)nn4C)nc13)O2. The molecule has 0 radical (unpaired) electrons. The summed E-state index contributed by atoms with van der Waals surface area (Å²) in [6.07, 6.45) is 0.209. The van der Waals surface area contributed by atoms with E-state index in [0.717, 1.165) is 21.5 Å². The standard InChI is InChI=1S/C19H14ClF3N10O/c1-7-9-10(8-4-25-31(2)5-8)11-16-26-15(13-12(20)14(19(21,22)23)29-32(13)3)30-33(16)6-24-17(11)34-18(9)28-27-7/h4-6,10H,1-3H3,(H,27,28)/t10-/m0/s1. The summed E-state index contributed by atoms with van der Waals surface area (Å²) in [6, 6.07) is 0. The Bertz CT molecular complexity index is 1590. The molecule has 15 heteroatoms. The lowest BCUT2D eigenvalue weighted by Gasteiger charge is -2.24. The number of nitrogens with zero attached hydrogens (tertiary/aromatic N) is 9. The molecule has 34 heavy (non-hydrogen) atoms. The van der Waals surface area contributed by atoms with Gasteiger partial charge in [0.25, 0.3) is 0 Å². The van der Waals surface area contributed by atoms with Crippen molar-refractivity contribution in [3.8, 4) is 23.3 Å². The normalized spacial score (nSPS) is 15.4. The third kappa shape index (κ3) is 2.84. The Labute approximate surface area is 193 Å². The molecule has 1 aliphatic heterocycles. The summed E-state index contributed by atoms with van der Waals surface area (Å²) in [5.41, 5.74) is 2.02. The molecule has 1 N–H and O–H groups in total. The van der Waals surface area contributed by atoms with Crippen LogP contribution in [-0.4, -0.2) is 49.3 Å². The van der Waals surface area contributed by atoms with Gasteiger partial charge < -0.3 is 4.74 Å². The Morgan fingerprint density at radius 3 is 2.62 bits per heavy atom. The lowest BCUT2D eigenvalue weighted by molar-refractivity contribution is -0.141. The molecule has 11 nitrogen and oxygen atoms in total. The predicted octanol–water partition coefficient (Wildman–Crippen LogP) is 3.25. The van der Waals surface area contributed by atoms with Gasteiger partial charge >= 0.3 is 6.18 Å². The number of halogens is 4. The Morgan fingerprint density at radius 1 is 1.15 bits per heavy atom. The summed E-state index contributed by atoms with van der Waals surface area (Å²) in [6.45, 7) is 1.86. The van der Waals surface area contributed by atoms with Crippen LogP contribution in [0.1, 0.15) is 34.0 Å². The van der Waals surface area contributed by atoms with Gasteiger partial charge in [0, 0.05) is 37.1 Å². The molecule has 0 saturated heterocycles. The number of ether oxygens (including phenoxy) is 1. The molecule has 0 bridgehead atoms. The highest BCUT2D eigenvalue weighted by molar-refractivity contribution is 6.33. The van der Waals surface area contributed by atoms with Gasteiger partial charge in [0.05, 0.1) is 17.7 Å². The average Bonchev–Trinajstić information content (AvgIpc) is 3.52. The van der Waals surface area contributed by atoms with E-state index in [1.807, 2.05) is 13.1 Å². The van der Waals surface area contributed by atoms with Crippen LogP contribution in [0.25, 0.3) is 17.2 Å². The molecule has 0 aliphatic carbocycles. The molecule has 0 aromatic carbocycles. The van der Waals surface area contributed by atoms with Gasteiger partial charge in [0.15, 0.2) is 11.3 Å². The van der Waals surface area contributed by atoms with E-state index in [9.17, 15) is 13.2 Å². The van der Waals surface area contributed by atoms with Crippen LogP contribution in [0.2, 0.25) is 5.02 Å². The van der Waals surface area contributed by atoms with Crippen molar-refractivity contribution in [2.24, 2.45) is 14.1 Å². The number of fused-ring (bicyclic) bond motifs is 4. The number of nitrogens with one attached hydrogen (secondary N) is 1. The van der Waals surface area contributed by atoms with Crippen LogP contribution < -0.4 is 4.74 Å². The lowest BCUT2D eigenvalue weighted by atomic mass is 9.86. The first kappa shape index (κ1) is 20.7. The Morgan fingerprint density at radius 2 is 1.94 bits per heavy atom. The molecule has 0 unspecified atom stereocenters. The van der Waals surface area contributed by atoms with Crippen molar-refractivity contribution < 1.29 is 17.9 Å². The van der Waals surface area contributed by atoms with Crippen molar-refractivity contribution in [3.05, 3.63) is 51.8 Å². The van der Waals surface area contributed by atoms with Crippen LogP contribution in [0.5, 0.6) is 11.8 Å². The highest BCUT2D eigenvalue weighted by atomic mass is 35.5. The lowest BCUT2D eigenvalue weighted by Crippen LogP contribution is -2.14. The molecule has 6 heterocycles. The molecule has 174 valence electrons. The number of H-pyrrole nitrogens is 1. The second-order valence-corrected chi connectivity index (χ2v) is 8.23. The summed E-state index contributed by atoms with van der Waals surface area (Å²) in [4.78, 5) is 8.90. The summed E-state index contributed by atoms with van der Waals surface area (Å²) in [5.74, 6) is 0.184. The van der Waals surface area contributed by atoms with Crippen molar-refractivity contribution in [1.29, 1.82) is 0 Å². The van der Waals surface area contributed by atoms with Gasteiger partial charge in [-0.05, 0) is 6.92 Å². The second kappa shape index (κ2) is 6.79. The minimum absolute atomic E-state index is 0.0367. The van der Waals surface area contributed by atoms with Gasteiger partial charge in [-0.1, -0.05) is 11.6 Å². The van der Waals surface area contributed by atoms with E-state index in [1.54, 1.807) is 17.9 Å². The van der Waals surface area contributed by atoms with Crippen molar-refractivity contribution in [1.82, 2.24) is 49.3 Å². The van der Waals surface area contributed by atoms with Crippen LogP contribution >= 0.6 is 11.6 Å². The third-order valence-corrected chi connectivity index (χ3v) is 6.00. The highest BCUT2D eigenvalue weighted by Crippen LogP contribution is 2.48. The number of hydrogen-bond donors (Lipinski definition) is 1. The molecule has 0 fully saturated rings. The van der Waals surface area contributed by atoms with Crippen molar-refractivity contribution in [3.63, 3.8) is 0 Å². The van der Waals surface area contributed by atoms with Gasteiger partial charge in [0.1, 0.15) is 17.0 Å². The van der Waals surface area contributed by atoms with E-state index >= 15 is 0 Å². The molecular weight excluding hydrogens is 477 g/mol. The summed E-state index contributed by atoms with van der Waals surface area (Å²) in [7, 11) is 3.14. The first-order valence-electron chi connectivity index (χ1n) is 9.90. The molecule has 1 atom stereocenters. The minimum Gasteiger partial charge on any atom is -0.418 e. The predicted molar refractivity (Wildman–Crippen MR) is 111 cm³/mol. The Balaban J connectivity index is 1.60. The topological polar surface area (TPSA) is 117 Å².